The van der Waals surface area contributed by atoms with Crippen LogP contribution < -0.4 is 4.72 Å². The van der Waals surface area contributed by atoms with Crippen molar-refractivity contribution in [3.63, 3.8) is 0 Å². The normalized spacial score (nSPS) is 14.6. The van der Waals surface area contributed by atoms with E-state index in [2.05, 4.69) is 19.9 Å². The molecule has 0 aliphatic heterocycles. The van der Waals surface area contributed by atoms with Gasteiger partial charge < -0.3 is 9.40 Å². The van der Waals surface area contributed by atoms with Crippen LogP contribution in [0.2, 0.25) is 0 Å². The van der Waals surface area contributed by atoms with E-state index < -0.39 is 10.0 Å². The summed E-state index contributed by atoms with van der Waals surface area (Å²) in [4.78, 5) is 3.33. The number of H-pyrrole nitrogens is 1. The minimum absolute atomic E-state index is 0.231. The molecular formula is C19H22N4O3S. The molecule has 0 bridgehead atoms. The monoisotopic (exact) mass is 386 g/mol. The number of hydrogen-bond donors (Lipinski definition) is 2. The van der Waals surface area contributed by atoms with E-state index in [1.807, 2.05) is 31.2 Å². The number of nitrogens with one attached hydrogen (secondary N) is 2. The van der Waals surface area contributed by atoms with Crippen LogP contribution >= 0.6 is 0 Å². The Balaban J connectivity index is 1.60. The molecule has 27 heavy (non-hydrogen) atoms. The second kappa shape index (κ2) is 6.61. The van der Waals surface area contributed by atoms with Gasteiger partial charge in [-0.25, -0.2) is 13.1 Å². The standard InChI is InChI=1S/C19H22N4O3S/c1-11-4-6-14(7-5-11)10-20-27(24,25)17-12(2)16(21-13(17)3)19-23-22-18(26-19)15-8-9-15/h4-7,15,20-21H,8-10H2,1-3H3. The fourth-order valence-electron chi connectivity index (χ4n) is 3.14. The number of sulfonamides is 1. The number of hydrogen-bond acceptors (Lipinski definition) is 5. The van der Waals surface area contributed by atoms with Crippen molar-refractivity contribution >= 4 is 10.0 Å². The van der Waals surface area contributed by atoms with Gasteiger partial charge in [-0.05, 0) is 44.7 Å². The molecule has 0 unspecified atom stereocenters. The average Bonchev–Trinajstić information content (AvgIpc) is 3.27. The maximum atomic E-state index is 12.9. The lowest BCUT2D eigenvalue weighted by Gasteiger charge is -2.08. The highest BCUT2D eigenvalue weighted by atomic mass is 32.2. The van der Waals surface area contributed by atoms with E-state index in [9.17, 15) is 8.42 Å². The van der Waals surface area contributed by atoms with Gasteiger partial charge in [0.25, 0.3) is 5.89 Å². The van der Waals surface area contributed by atoms with Crippen LogP contribution in [-0.4, -0.2) is 23.6 Å². The molecule has 1 aromatic carbocycles. The third-order valence-electron chi connectivity index (χ3n) is 4.81. The first kappa shape index (κ1) is 17.9. The lowest BCUT2D eigenvalue weighted by molar-refractivity contribution is 0.507. The summed E-state index contributed by atoms with van der Waals surface area (Å²) in [6, 6.07) is 7.75. The quantitative estimate of drug-likeness (QED) is 0.677. The van der Waals surface area contributed by atoms with Gasteiger partial charge in [-0.15, -0.1) is 10.2 Å². The molecule has 0 saturated heterocycles. The van der Waals surface area contributed by atoms with Gasteiger partial charge in [-0.3, -0.25) is 0 Å². The van der Waals surface area contributed by atoms with Crippen molar-refractivity contribution in [2.24, 2.45) is 0 Å². The molecule has 0 spiro atoms. The van der Waals surface area contributed by atoms with Gasteiger partial charge in [0.2, 0.25) is 15.9 Å². The van der Waals surface area contributed by atoms with Crippen molar-refractivity contribution in [1.82, 2.24) is 19.9 Å². The van der Waals surface area contributed by atoms with E-state index in [1.165, 1.54) is 0 Å². The molecular weight excluding hydrogens is 364 g/mol. The molecule has 0 amide bonds. The van der Waals surface area contributed by atoms with Gasteiger partial charge in [-0.2, -0.15) is 0 Å². The van der Waals surface area contributed by atoms with E-state index >= 15 is 0 Å². The maximum absolute atomic E-state index is 12.9. The molecule has 8 heteroatoms. The van der Waals surface area contributed by atoms with Crippen LogP contribution in [0.3, 0.4) is 0 Å². The Morgan fingerprint density at radius 1 is 1.15 bits per heavy atom. The predicted octanol–water partition coefficient (Wildman–Crippen LogP) is 3.35. The Morgan fingerprint density at radius 2 is 1.85 bits per heavy atom. The SMILES string of the molecule is Cc1ccc(CNS(=O)(=O)c2c(C)[nH]c(-c3nnc(C4CC4)o3)c2C)cc1. The van der Waals surface area contributed by atoms with Crippen molar-refractivity contribution in [1.29, 1.82) is 0 Å². The fourth-order valence-corrected chi connectivity index (χ4v) is 4.60. The fraction of sp³-hybridized carbons (Fsp3) is 0.368. The molecule has 1 aliphatic carbocycles. The van der Waals surface area contributed by atoms with Crippen LogP contribution in [0.15, 0.2) is 33.6 Å². The Kier molecular flexibility index (Phi) is 4.39. The summed E-state index contributed by atoms with van der Waals surface area (Å²) < 4.78 is 34.2. The molecule has 3 aromatic rings. The summed E-state index contributed by atoms with van der Waals surface area (Å²) in [5, 5.41) is 8.16. The molecule has 0 radical (unpaired) electrons. The number of rotatable bonds is 6. The first-order chi connectivity index (χ1) is 12.8. The van der Waals surface area contributed by atoms with E-state index in [1.54, 1.807) is 13.8 Å². The molecule has 0 atom stereocenters. The lowest BCUT2D eigenvalue weighted by Crippen LogP contribution is -2.24. The zero-order valence-electron chi connectivity index (χ0n) is 15.5. The van der Waals surface area contributed by atoms with Crippen LogP contribution in [0, 0.1) is 20.8 Å². The molecule has 7 nitrogen and oxygen atoms in total. The second-order valence-electron chi connectivity index (χ2n) is 7.11. The molecule has 4 rings (SSSR count). The van der Waals surface area contributed by atoms with Gasteiger partial charge in [0, 0.05) is 18.2 Å². The number of nitrogens with zero attached hydrogens (tertiary/aromatic N) is 2. The molecule has 2 heterocycles. The summed E-state index contributed by atoms with van der Waals surface area (Å²) in [6.07, 6.45) is 2.12. The number of aromatic amines is 1. The number of benzene rings is 1. The van der Waals surface area contributed by atoms with Gasteiger partial charge in [0.1, 0.15) is 10.6 Å². The van der Waals surface area contributed by atoms with Crippen molar-refractivity contribution in [3.05, 3.63) is 52.5 Å². The highest BCUT2D eigenvalue weighted by Gasteiger charge is 2.31. The van der Waals surface area contributed by atoms with Gasteiger partial charge in [-0.1, -0.05) is 29.8 Å². The minimum Gasteiger partial charge on any atom is -0.419 e. The zero-order chi connectivity index (χ0) is 19.2. The zero-order valence-corrected chi connectivity index (χ0v) is 16.4. The second-order valence-corrected chi connectivity index (χ2v) is 8.81. The molecule has 2 N–H and O–H groups in total. The smallest absolute Gasteiger partial charge is 0.264 e. The summed E-state index contributed by atoms with van der Waals surface area (Å²) >= 11 is 0. The summed E-state index contributed by atoms with van der Waals surface area (Å²) in [5.74, 6) is 1.30. The van der Waals surface area contributed by atoms with E-state index in [0.29, 0.717) is 34.7 Å². The Morgan fingerprint density at radius 3 is 2.52 bits per heavy atom. The van der Waals surface area contributed by atoms with Gasteiger partial charge >= 0.3 is 0 Å². The summed E-state index contributed by atoms with van der Waals surface area (Å²) in [7, 11) is -3.69. The molecule has 142 valence electrons. The number of aromatic nitrogens is 3. The largest absolute Gasteiger partial charge is 0.419 e. The van der Waals surface area contributed by atoms with Crippen LogP contribution in [0.4, 0.5) is 0 Å². The van der Waals surface area contributed by atoms with E-state index in [-0.39, 0.29) is 11.4 Å². The van der Waals surface area contributed by atoms with Crippen molar-refractivity contribution in [2.75, 3.05) is 0 Å². The summed E-state index contributed by atoms with van der Waals surface area (Å²) in [6.45, 7) is 5.71. The first-order valence-electron chi connectivity index (χ1n) is 8.93. The maximum Gasteiger partial charge on any atom is 0.264 e. The van der Waals surface area contributed by atoms with Crippen molar-refractivity contribution < 1.29 is 12.8 Å². The lowest BCUT2D eigenvalue weighted by atomic mass is 10.2. The van der Waals surface area contributed by atoms with Gasteiger partial charge in [0.15, 0.2) is 0 Å². The predicted molar refractivity (Wildman–Crippen MR) is 101 cm³/mol. The molecule has 1 aliphatic rings. The minimum atomic E-state index is -3.69. The van der Waals surface area contributed by atoms with Crippen LogP contribution in [0.5, 0.6) is 0 Å². The molecule has 1 saturated carbocycles. The van der Waals surface area contributed by atoms with Crippen molar-refractivity contribution in [3.8, 4) is 11.6 Å². The third kappa shape index (κ3) is 3.54. The Hall–Kier alpha value is -2.45. The third-order valence-corrected chi connectivity index (χ3v) is 6.48. The van der Waals surface area contributed by atoms with Gasteiger partial charge in [0.05, 0.1) is 0 Å². The summed E-state index contributed by atoms with van der Waals surface area (Å²) in [5.41, 5.74) is 3.72. The average molecular weight is 386 g/mol. The Labute approximate surface area is 158 Å². The molecule has 1 fully saturated rings. The van der Waals surface area contributed by atoms with Crippen molar-refractivity contribution in [2.45, 2.75) is 51.0 Å². The molecule has 2 aromatic heterocycles. The highest BCUT2D eigenvalue weighted by Crippen LogP contribution is 2.40. The van der Waals surface area contributed by atoms with Crippen LogP contribution in [0.1, 0.15) is 47.0 Å². The van der Waals surface area contributed by atoms with Crippen LogP contribution in [-0.2, 0) is 16.6 Å². The van der Waals surface area contributed by atoms with E-state index in [0.717, 1.165) is 24.0 Å². The number of aryl methyl sites for hydroxylation is 2. The Bertz CT molecular complexity index is 1080. The first-order valence-corrected chi connectivity index (χ1v) is 10.4. The highest BCUT2D eigenvalue weighted by molar-refractivity contribution is 7.89. The van der Waals surface area contributed by atoms with E-state index in [4.69, 9.17) is 4.42 Å². The topological polar surface area (TPSA) is 101 Å². The van der Waals surface area contributed by atoms with Crippen LogP contribution in [0.25, 0.3) is 11.6 Å².